The molecule has 1 atom stereocenters. The normalized spacial score (nSPS) is 19.5. The molecule has 0 aliphatic carbocycles. The molecule has 2 aromatic carbocycles. The van der Waals surface area contributed by atoms with Crippen molar-refractivity contribution in [1.82, 2.24) is 14.7 Å². The monoisotopic (exact) mass is 441 g/mol. The third-order valence-corrected chi connectivity index (χ3v) is 7.21. The third-order valence-electron chi connectivity index (χ3n) is 6.27. The first-order valence-corrected chi connectivity index (χ1v) is 12.1. The molecule has 4 rings (SSSR count). The summed E-state index contributed by atoms with van der Waals surface area (Å²) in [5, 5.41) is 2.25. The SMILES string of the molecule is COc1ccc2cc(CN(C)C(=O)CN3CCCC3C(=O)N3CCSCC3)ccc2c1. The van der Waals surface area contributed by atoms with Crippen molar-refractivity contribution in [2.75, 3.05) is 51.8 Å². The maximum absolute atomic E-state index is 13.0. The van der Waals surface area contributed by atoms with Crippen LogP contribution in [0.2, 0.25) is 0 Å². The van der Waals surface area contributed by atoms with E-state index in [4.69, 9.17) is 4.74 Å². The second kappa shape index (κ2) is 9.92. The van der Waals surface area contributed by atoms with Gasteiger partial charge in [-0.15, -0.1) is 0 Å². The van der Waals surface area contributed by atoms with Crippen molar-refractivity contribution >= 4 is 34.3 Å². The van der Waals surface area contributed by atoms with Gasteiger partial charge < -0.3 is 14.5 Å². The van der Waals surface area contributed by atoms with Crippen LogP contribution in [0.15, 0.2) is 36.4 Å². The molecule has 2 aromatic rings. The summed E-state index contributed by atoms with van der Waals surface area (Å²) >= 11 is 1.90. The highest BCUT2D eigenvalue weighted by Gasteiger charge is 2.35. The molecule has 2 fully saturated rings. The molecule has 0 aromatic heterocycles. The predicted molar refractivity (Wildman–Crippen MR) is 125 cm³/mol. The van der Waals surface area contributed by atoms with Crippen LogP contribution in [-0.4, -0.2) is 84.4 Å². The summed E-state index contributed by atoms with van der Waals surface area (Å²) in [6.45, 7) is 3.33. The molecule has 31 heavy (non-hydrogen) atoms. The lowest BCUT2D eigenvalue weighted by molar-refractivity contribution is -0.138. The van der Waals surface area contributed by atoms with E-state index in [9.17, 15) is 9.59 Å². The zero-order chi connectivity index (χ0) is 21.8. The number of amides is 2. The van der Waals surface area contributed by atoms with Crippen LogP contribution in [0, 0.1) is 0 Å². The number of likely N-dealkylation sites (tertiary alicyclic amines) is 1. The number of carbonyl (C=O) groups excluding carboxylic acids is 2. The van der Waals surface area contributed by atoms with E-state index < -0.39 is 0 Å². The minimum Gasteiger partial charge on any atom is -0.497 e. The Bertz CT molecular complexity index is 945. The zero-order valence-corrected chi connectivity index (χ0v) is 19.2. The Morgan fingerprint density at radius 3 is 2.61 bits per heavy atom. The summed E-state index contributed by atoms with van der Waals surface area (Å²) in [6.07, 6.45) is 1.83. The Balaban J connectivity index is 1.36. The zero-order valence-electron chi connectivity index (χ0n) is 18.4. The smallest absolute Gasteiger partial charge is 0.239 e. The minimum absolute atomic E-state index is 0.0590. The van der Waals surface area contributed by atoms with Crippen molar-refractivity contribution in [3.05, 3.63) is 42.0 Å². The Kier molecular flexibility index (Phi) is 7.02. The number of methoxy groups -OCH3 is 1. The summed E-state index contributed by atoms with van der Waals surface area (Å²) in [5.41, 5.74) is 1.09. The van der Waals surface area contributed by atoms with E-state index >= 15 is 0 Å². The molecule has 2 saturated heterocycles. The number of nitrogens with zero attached hydrogens (tertiary/aromatic N) is 3. The molecule has 0 radical (unpaired) electrons. The van der Waals surface area contributed by atoms with E-state index in [0.29, 0.717) is 13.1 Å². The number of rotatable bonds is 6. The molecule has 2 heterocycles. The number of carbonyl (C=O) groups is 2. The highest BCUT2D eigenvalue weighted by molar-refractivity contribution is 7.99. The number of hydrogen-bond donors (Lipinski definition) is 0. The Hall–Kier alpha value is -2.25. The summed E-state index contributed by atoms with van der Waals surface area (Å²) in [6, 6.07) is 12.1. The Morgan fingerprint density at radius 2 is 1.84 bits per heavy atom. The number of likely N-dealkylation sites (N-methyl/N-ethyl adjacent to an activating group) is 1. The molecule has 1 unspecified atom stereocenters. The molecule has 6 nitrogen and oxygen atoms in total. The second-order valence-corrected chi connectivity index (χ2v) is 9.59. The molecular formula is C24H31N3O3S. The third kappa shape index (κ3) is 5.15. The molecule has 0 bridgehead atoms. The van der Waals surface area contributed by atoms with Gasteiger partial charge in [-0.1, -0.05) is 18.2 Å². The summed E-state index contributed by atoms with van der Waals surface area (Å²) < 4.78 is 5.29. The summed E-state index contributed by atoms with van der Waals surface area (Å²) in [5.74, 6) is 3.13. The summed E-state index contributed by atoms with van der Waals surface area (Å²) in [7, 11) is 3.51. The van der Waals surface area contributed by atoms with Crippen LogP contribution >= 0.6 is 11.8 Å². The van der Waals surface area contributed by atoms with E-state index in [-0.39, 0.29) is 17.9 Å². The topological polar surface area (TPSA) is 53.1 Å². The van der Waals surface area contributed by atoms with Crippen LogP contribution in [0.25, 0.3) is 10.8 Å². The molecule has 2 amide bonds. The molecule has 2 aliphatic rings. The number of ether oxygens (including phenoxy) is 1. The molecule has 7 heteroatoms. The van der Waals surface area contributed by atoms with Crippen LogP contribution in [0.5, 0.6) is 5.75 Å². The van der Waals surface area contributed by atoms with Crippen molar-refractivity contribution < 1.29 is 14.3 Å². The van der Waals surface area contributed by atoms with Gasteiger partial charge in [0.2, 0.25) is 11.8 Å². The van der Waals surface area contributed by atoms with Crippen molar-refractivity contribution in [2.45, 2.75) is 25.4 Å². The van der Waals surface area contributed by atoms with Crippen LogP contribution in [0.3, 0.4) is 0 Å². The van der Waals surface area contributed by atoms with Gasteiger partial charge in [0.15, 0.2) is 0 Å². The lowest BCUT2D eigenvalue weighted by Crippen LogP contribution is -2.50. The van der Waals surface area contributed by atoms with Gasteiger partial charge in [0.1, 0.15) is 5.75 Å². The fourth-order valence-electron chi connectivity index (χ4n) is 4.44. The number of thioether (sulfide) groups is 1. The van der Waals surface area contributed by atoms with Gasteiger partial charge in [0.05, 0.1) is 19.7 Å². The lowest BCUT2D eigenvalue weighted by Gasteiger charge is -2.32. The first-order chi connectivity index (χ1) is 15.0. The molecule has 0 N–H and O–H groups in total. The van der Waals surface area contributed by atoms with Gasteiger partial charge in [0, 0.05) is 38.2 Å². The van der Waals surface area contributed by atoms with Crippen LogP contribution in [0.4, 0.5) is 0 Å². The number of benzene rings is 2. The van der Waals surface area contributed by atoms with Crippen molar-refractivity contribution in [3.8, 4) is 5.75 Å². The largest absolute Gasteiger partial charge is 0.497 e. The fraction of sp³-hybridized carbons (Fsp3) is 0.500. The molecule has 0 saturated carbocycles. The van der Waals surface area contributed by atoms with Gasteiger partial charge in [-0.3, -0.25) is 14.5 Å². The first-order valence-electron chi connectivity index (χ1n) is 11.0. The van der Waals surface area contributed by atoms with Gasteiger partial charge in [-0.05, 0) is 53.9 Å². The highest BCUT2D eigenvalue weighted by atomic mass is 32.2. The quantitative estimate of drug-likeness (QED) is 0.690. The Labute approximate surface area is 188 Å². The second-order valence-electron chi connectivity index (χ2n) is 8.36. The average molecular weight is 442 g/mol. The van der Waals surface area contributed by atoms with Gasteiger partial charge >= 0.3 is 0 Å². The number of hydrogen-bond acceptors (Lipinski definition) is 5. The minimum atomic E-state index is -0.143. The molecule has 0 spiro atoms. The van der Waals surface area contributed by atoms with Gasteiger partial charge in [-0.25, -0.2) is 0 Å². The first kappa shape index (κ1) is 22.0. The van der Waals surface area contributed by atoms with Crippen LogP contribution < -0.4 is 4.74 Å². The van der Waals surface area contributed by atoms with Crippen LogP contribution in [-0.2, 0) is 16.1 Å². The molecule has 2 aliphatic heterocycles. The maximum Gasteiger partial charge on any atom is 0.239 e. The predicted octanol–water partition coefficient (Wildman–Crippen LogP) is 2.85. The molecular weight excluding hydrogens is 410 g/mol. The summed E-state index contributed by atoms with van der Waals surface area (Å²) in [4.78, 5) is 31.7. The van der Waals surface area contributed by atoms with E-state index in [1.54, 1.807) is 12.0 Å². The van der Waals surface area contributed by atoms with Gasteiger partial charge in [0.25, 0.3) is 0 Å². The van der Waals surface area contributed by atoms with Crippen molar-refractivity contribution in [1.29, 1.82) is 0 Å². The van der Waals surface area contributed by atoms with E-state index in [1.807, 2.05) is 41.9 Å². The average Bonchev–Trinajstić information content (AvgIpc) is 3.26. The van der Waals surface area contributed by atoms with Gasteiger partial charge in [-0.2, -0.15) is 11.8 Å². The standard InChI is InChI=1S/C24H31N3O3S/c1-25(16-18-5-6-20-15-21(30-2)8-7-19(20)14-18)23(28)17-27-9-3-4-22(27)24(29)26-10-12-31-13-11-26/h5-8,14-15,22H,3-4,9-13,16-17H2,1-2H3. The molecule has 166 valence electrons. The highest BCUT2D eigenvalue weighted by Crippen LogP contribution is 2.23. The van der Waals surface area contributed by atoms with Crippen molar-refractivity contribution in [3.63, 3.8) is 0 Å². The van der Waals surface area contributed by atoms with E-state index in [1.165, 1.54) is 0 Å². The Morgan fingerprint density at radius 1 is 1.10 bits per heavy atom. The number of fused-ring (bicyclic) bond motifs is 1. The maximum atomic E-state index is 13.0. The van der Waals surface area contributed by atoms with Crippen LogP contribution in [0.1, 0.15) is 18.4 Å². The fourth-order valence-corrected chi connectivity index (χ4v) is 5.35. The van der Waals surface area contributed by atoms with E-state index in [2.05, 4.69) is 23.1 Å². The van der Waals surface area contributed by atoms with Crippen molar-refractivity contribution in [2.24, 2.45) is 0 Å². The van der Waals surface area contributed by atoms with E-state index in [0.717, 1.165) is 66.1 Å². The lowest BCUT2D eigenvalue weighted by atomic mass is 10.1.